The minimum Gasteiger partial charge on any atom is -0.481 e. The van der Waals surface area contributed by atoms with Crippen molar-refractivity contribution in [3.63, 3.8) is 0 Å². The summed E-state index contributed by atoms with van der Waals surface area (Å²) in [5.41, 5.74) is 0. The van der Waals surface area contributed by atoms with E-state index in [1.807, 2.05) is 0 Å². The number of carbonyl (C=O) groups is 1. The van der Waals surface area contributed by atoms with Crippen molar-refractivity contribution < 1.29 is 9.90 Å². The van der Waals surface area contributed by atoms with Crippen LogP contribution in [0.15, 0.2) is 0 Å². The summed E-state index contributed by atoms with van der Waals surface area (Å²) >= 11 is 0. The van der Waals surface area contributed by atoms with Crippen LogP contribution in [0.5, 0.6) is 0 Å². The monoisotopic (exact) mass is 227 g/mol. The second-order valence-corrected chi connectivity index (χ2v) is 4.86. The molecule has 0 aromatic carbocycles. The maximum atomic E-state index is 11.0. The first-order chi connectivity index (χ1) is 7.80. The smallest absolute Gasteiger partial charge is 0.307 e. The molecule has 2 N–H and O–H groups in total. The molecule has 1 aliphatic rings. The first-order valence-corrected chi connectivity index (χ1v) is 6.74. The molecule has 94 valence electrons. The Balaban J connectivity index is 2.29. The number of carboxylic acid groups (broad SMARTS) is 1. The van der Waals surface area contributed by atoms with Crippen LogP contribution in [0, 0.1) is 5.92 Å². The highest BCUT2D eigenvalue weighted by Crippen LogP contribution is 2.14. The fraction of sp³-hybridized carbons (Fsp3) is 0.923. The Bertz CT molecular complexity index is 180. The third-order valence-electron chi connectivity index (χ3n) is 3.40. The fourth-order valence-electron chi connectivity index (χ4n) is 2.29. The van der Waals surface area contributed by atoms with Gasteiger partial charge >= 0.3 is 5.97 Å². The van der Waals surface area contributed by atoms with Gasteiger partial charge in [-0.1, -0.05) is 44.9 Å². The van der Waals surface area contributed by atoms with Gasteiger partial charge in [0.25, 0.3) is 0 Å². The first-order valence-electron chi connectivity index (χ1n) is 6.74. The highest BCUT2D eigenvalue weighted by Gasteiger charge is 2.16. The first kappa shape index (κ1) is 13.5. The van der Waals surface area contributed by atoms with E-state index >= 15 is 0 Å². The Morgan fingerprint density at radius 1 is 0.938 bits per heavy atom. The van der Waals surface area contributed by atoms with Crippen molar-refractivity contribution >= 4 is 5.97 Å². The molecule has 0 spiro atoms. The highest BCUT2D eigenvalue weighted by atomic mass is 16.4. The largest absolute Gasteiger partial charge is 0.481 e. The Morgan fingerprint density at radius 2 is 1.50 bits per heavy atom. The van der Waals surface area contributed by atoms with Crippen molar-refractivity contribution in [1.29, 1.82) is 0 Å². The average molecular weight is 227 g/mol. The number of hydrogen-bond donors (Lipinski definition) is 2. The maximum Gasteiger partial charge on any atom is 0.307 e. The lowest BCUT2D eigenvalue weighted by molar-refractivity contribution is -0.141. The van der Waals surface area contributed by atoms with Crippen molar-refractivity contribution in [3.8, 4) is 0 Å². The molecule has 3 heteroatoms. The van der Waals surface area contributed by atoms with Gasteiger partial charge in [-0.3, -0.25) is 4.79 Å². The van der Waals surface area contributed by atoms with Crippen LogP contribution in [0.2, 0.25) is 0 Å². The highest BCUT2D eigenvalue weighted by molar-refractivity contribution is 5.70. The van der Waals surface area contributed by atoms with Crippen LogP contribution in [0.25, 0.3) is 0 Å². The Kier molecular flexibility index (Phi) is 7.23. The molecule has 0 aromatic heterocycles. The van der Waals surface area contributed by atoms with Gasteiger partial charge in [0.2, 0.25) is 0 Å². The van der Waals surface area contributed by atoms with Crippen molar-refractivity contribution in [2.75, 3.05) is 13.1 Å². The molecule has 0 aromatic rings. The Hall–Kier alpha value is -0.570. The van der Waals surface area contributed by atoms with Gasteiger partial charge in [-0.25, -0.2) is 0 Å². The van der Waals surface area contributed by atoms with Gasteiger partial charge in [-0.05, 0) is 19.4 Å². The van der Waals surface area contributed by atoms with Gasteiger partial charge < -0.3 is 10.4 Å². The molecule has 0 radical (unpaired) electrons. The van der Waals surface area contributed by atoms with Crippen LogP contribution < -0.4 is 5.32 Å². The normalized spacial score (nSPS) is 26.1. The van der Waals surface area contributed by atoms with Crippen LogP contribution in [0.4, 0.5) is 0 Å². The van der Waals surface area contributed by atoms with Gasteiger partial charge in [0.1, 0.15) is 0 Å². The summed E-state index contributed by atoms with van der Waals surface area (Å²) in [4.78, 5) is 11.0. The van der Waals surface area contributed by atoms with Crippen LogP contribution in [0.1, 0.15) is 57.8 Å². The molecule has 1 fully saturated rings. The topological polar surface area (TPSA) is 49.3 Å². The minimum atomic E-state index is -0.637. The standard InChI is InChI=1S/C13H25NO2/c15-13(16)12-9-7-5-3-1-2-4-6-8-10-14-11-12/h12,14H,1-11H2,(H,15,16). The number of nitrogens with one attached hydrogen (secondary N) is 1. The second-order valence-electron chi connectivity index (χ2n) is 4.86. The molecular weight excluding hydrogens is 202 g/mol. The van der Waals surface area contributed by atoms with E-state index in [1.54, 1.807) is 0 Å². The summed E-state index contributed by atoms with van der Waals surface area (Å²) in [7, 11) is 0. The zero-order valence-electron chi connectivity index (χ0n) is 10.2. The molecule has 0 bridgehead atoms. The predicted octanol–water partition coefficient (Wildman–Crippen LogP) is 2.80. The van der Waals surface area contributed by atoms with E-state index in [1.165, 1.54) is 44.9 Å². The van der Waals surface area contributed by atoms with Crippen molar-refractivity contribution in [2.24, 2.45) is 5.92 Å². The second kappa shape index (κ2) is 8.57. The SMILES string of the molecule is O=C(O)C1CCCCCCCCCCNC1. The summed E-state index contributed by atoms with van der Waals surface area (Å²) in [5.74, 6) is -0.817. The number of rotatable bonds is 1. The third kappa shape index (κ3) is 6.11. The lowest BCUT2D eigenvalue weighted by Gasteiger charge is -2.12. The molecule has 1 rings (SSSR count). The molecule has 1 aliphatic heterocycles. The maximum absolute atomic E-state index is 11.0. The minimum absolute atomic E-state index is 0.180. The van der Waals surface area contributed by atoms with E-state index in [2.05, 4.69) is 5.32 Å². The van der Waals surface area contributed by atoms with E-state index in [4.69, 9.17) is 5.11 Å². The van der Waals surface area contributed by atoms with E-state index in [0.717, 1.165) is 19.4 Å². The van der Waals surface area contributed by atoms with Crippen molar-refractivity contribution in [3.05, 3.63) is 0 Å². The van der Waals surface area contributed by atoms with E-state index in [-0.39, 0.29) is 5.92 Å². The number of hydrogen-bond acceptors (Lipinski definition) is 2. The number of carboxylic acids is 1. The Labute approximate surface area is 98.6 Å². The van der Waals surface area contributed by atoms with Gasteiger partial charge in [-0.2, -0.15) is 0 Å². The van der Waals surface area contributed by atoms with Crippen molar-refractivity contribution in [2.45, 2.75) is 57.8 Å². The quantitative estimate of drug-likeness (QED) is 0.724. The molecule has 1 heterocycles. The van der Waals surface area contributed by atoms with Gasteiger partial charge in [0.15, 0.2) is 0 Å². The zero-order chi connectivity index (χ0) is 11.6. The van der Waals surface area contributed by atoms with Gasteiger partial charge in [0, 0.05) is 6.54 Å². The predicted molar refractivity (Wildman–Crippen MR) is 65.5 cm³/mol. The van der Waals surface area contributed by atoms with Gasteiger partial charge in [0.05, 0.1) is 5.92 Å². The molecular formula is C13H25NO2. The molecule has 16 heavy (non-hydrogen) atoms. The summed E-state index contributed by atoms with van der Waals surface area (Å²) in [6.07, 6.45) is 10.9. The Morgan fingerprint density at radius 3 is 2.12 bits per heavy atom. The molecule has 3 nitrogen and oxygen atoms in total. The van der Waals surface area contributed by atoms with Gasteiger partial charge in [-0.15, -0.1) is 0 Å². The summed E-state index contributed by atoms with van der Waals surface area (Å²) in [6.45, 7) is 1.62. The number of aliphatic carboxylic acids is 1. The van der Waals surface area contributed by atoms with Crippen LogP contribution in [0.3, 0.4) is 0 Å². The average Bonchev–Trinajstić information content (AvgIpc) is 2.28. The molecule has 0 saturated carbocycles. The molecule has 1 saturated heterocycles. The molecule has 1 unspecified atom stereocenters. The lowest BCUT2D eigenvalue weighted by Crippen LogP contribution is -2.29. The lowest BCUT2D eigenvalue weighted by atomic mass is 10.0. The van der Waals surface area contributed by atoms with Crippen molar-refractivity contribution in [1.82, 2.24) is 5.32 Å². The fourth-order valence-corrected chi connectivity index (χ4v) is 2.29. The summed E-state index contributed by atoms with van der Waals surface area (Å²) < 4.78 is 0. The third-order valence-corrected chi connectivity index (χ3v) is 3.40. The van der Waals surface area contributed by atoms with E-state index < -0.39 is 5.97 Å². The molecule has 0 aliphatic carbocycles. The van der Waals surface area contributed by atoms with E-state index in [0.29, 0.717) is 6.54 Å². The molecule has 1 atom stereocenters. The van der Waals surface area contributed by atoms with Crippen LogP contribution in [-0.4, -0.2) is 24.2 Å². The van der Waals surface area contributed by atoms with Crippen LogP contribution in [-0.2, 0) is 4.79 Å². The molecule has 0 amide bonds. The summed E-state index contributed by atoms with van der Waals surface area (Å²) in [6, 6.07) is 0. The van der Waals surface area contributed by atoms with E-state index in [9.17, 15) is 4.79 Å². The zero-order valence-corrected chi connectivity index (χ0v) is 10.2. The summed E-state index contributed by atoms with van der Waals surface area (Å²) in [5, 5.41) is 12.3. The van der Waals surface area contributed by atoms with Crippen LogP contribution >= 0.6 is 0 Å².